The molecule has 0 radical (unpaired) electrons. The average molecular weight is 248 g/mol. The first-order valence-electron chi connectivity index (χ1n) is 5.70. The van der Waals surface area contributed by atoms with E-state index in [1.165, 1.54) is 6.08 Å². The molecule has 0 spiro atoms. The second-order valence-corrected chi connectivity index (χ2v) is 5.59. The highest BCUT2D eigenvalue weighted by atomic mass is 31.2. The molecule has 5 heteroatoms. The molecule has 1 atom stereocenters. The van der Waals surface area contributed by atoms with Crippen LogP contribution < -0.4 is 0 Å². The van der Waals surface area contributed by atoms with Crippen molar-refractivity contribution in [3.05, 3.63) is 12.2 Å². The zero-order valence-electron chi connectivity index (χ0n) is 10.0. The molecular formula is C11H21O4P. The molecule has 0 saturated carbocycles. The fourth-order valence-electron chi connectivity index (χ4n) is 1.27. The van der Waals surface area contributed by atoms with Gasteiger partial charge in [-0.05, 0) is 13.3 Å². The van der Waals surface area contributed by atoms with Crippen molar-refractivity contribution in [3.63, 3.8) is 0 Å². The van der Waals surface area contributed by atoms with Crippen LogP contribution in [0.5, 0.6) is 0 Å². The minimum Gasteiger partial charge on any atom is -0.388 e. The van der Waals surface area contributed by atoms with Gasteiger partial charge in [-0.25, -0.2) is 9.36 Å². The summed E-state index contributed by atoms with van der Waals surface area (Å²) in [6.45, 7) is 3.75. The second-order valence-electron chi connectivity index (χ2n) is 3.69. The summed E-state index contributed by atoms with van der Waals surface area (Å²) in [6, 6.07) is 0. The summed E-state index contributed by atoms with van der Waals surface area (Å²) in [7, 11) is -3.73. The molecule has 0 aromatic rings. The molecule has 0 bridgehead atoms. The Hall–Kier alpha value is -0.600. The van der Waals surface area contributed by atoms with Gasteiger partial charge in [0.25, 0.3) is 0 Å². The van der Waals surface area contributed by atoms with E-state index in [9.17, 15) is 14.3 Å². The minimum absolute atomic E-state index is 0.0556. The lowest BCUT2D eigenvalue weighted by molar-refractivity contribution is -0.129. The molecule has 94 valence electrons. The van der Waals surface area contributed by atoms with Crippen molar-refractivity contribution in [2.24, 2.45) is 0 Å². The Labute approximate surface area is 97.2 Å². The van der Waals surface area contributed by atoms with E-state index in [-0.39, 0.29) is 6.16 Å². The van der Waals surface area contributed by atoms with Gasteiger partial charge in [-0.3, -0.25) is 0 Å². The summed E-state index contributed by atoms with van der Waals surface area (Å²) in [5, 5.41) is 0. The standard InChI is InChI=1S/C11H21O4P/c1-3-5-6-7-8-10-16(13,14)15-11(12)9-4-2/h4,9H,3,5-8,10H2,1-2H3,(H,13,14). The van der Waals surface area contributed by atoms with Crippen LogP contribution in [-0.4, -0.2) is 17.0 Å². The van der Waals surface area contributed by atoms with Crippen LogP contribution in [0.3, 0.4) is 0 Å². The van der Waals surface area contributed by atoms with Gasteiger partial charge < -0.3 is 9.42 Å². The smallest absolute Gasteiger partial charge is 0.378 e. The number of rotatable bonds is 8. The van der Waals surface area contributed by atoms with E-state index in [4.69, 9.17) is 0 Å². The van der Waals surface area contributed by atoms with Crippen LogP contribution in [0.15, 0.2) is 12.2 Å². The molecule has 0 saturated heterocycles. The van der Waals surface area contributed by atoms with E-state index in [1.54, 1.807) is 6.92 Å². The minimum atomic E-state index is -3.73. The number of allylic oxidation sites excluding steroid dienone is 1. The zero-order valence-corrected chi connectivity index (χ0v) is 10.9. The Balaban J connectivity index is 3.78. The summed E-state index contributed by atoms with van der Waals surface area (Å²) in [5.74, 6) is -0.748. The largest absolute Gasteiger partial charge is 0.388 e. The monoisotopic (exact) mass is 248 g/mol. The first kappa shape index (κ1) is 15.4. The Morgan fingerprint density at radius 2 is 1.94 bits per heavy atom. The van der Waals surface area contributed by atoms with E-state index < -0.39 is 13.6 Å². The first-order chi connectivity index (χ1) is 7.52. The van der Waals surface area contributed by atoms with Crippen molar-refractivity contribution in [1.82, 2.24) is 0 Å². The maximum absolute atomic E-state index is 11.4. The van der Waals surface area contributed by atoms with E-state index in [0.717, 1.165) is 31.8 Å². The summed E-state index contributed by atoms with van der Waals surface area (Å²) < 4.78 is 15.9. The van der Waals surface area contributed by atoms with E-state index in [1.807, 2.05) is 0 Å². The summed E-state index contributed by atoms with van der Waals surface area (Å²) in [5.41, 5.74) is 0. The van der Waals surface area contributed by atoms with E-state index in [0.29, 0.717) is 6.42 Å². The van der Waals surface area contributed by atoms with Crippen molar-refractivity contribution in [2.75, 3.05) is 6.16 Å². The van der Waals surface area contributed by atoms with Gasteiger partial charge in [0.1, 0.15) is 0 Å². The summed E-state index contributed by atoms with van der Waals surface area (Å²) >= 11 is 0. The number of unbranched alkanes of at least 4 members (excludes halogenated alkanes) is 4. The zero-order chi connectivity index (χ0) is 12.4. The molecule has 0 aromatic heterocycles. The van der Waals surface area contributed by atoms with E-state index in [2.05, 4.69) is 11.4 Å². The van der Waals surface area contributed by atoms with Gasteiger partial charge in [-0.2, -0.15) is 0 Å². The molecule has 16 heavy (non-hydrogen) atoms. The lowest BCUT2D eigenvalue weighted by atomic mass is 10.2. The fraction of sp³-hybridized carbons (Fsp3) is 0.727. The molecule has 0 aliphatic carbocycles. The number of hydrogen-bond donors (Lipinski definition) is 1. The number of hydrogen-bond acceptors (Lipinski definition) is 3. The fourth-order valence-corrected chi connectivity index (χ4v) is 2.32. The highest BCUT2D eigenvalue weighted by molar-refractivity contribution is 7.53. The first-order valence-corrected chi connectivity index (χ1v) is 7.46. The number of carbonyl (C=O) groups is 1. The van der Waals surface area contributed by atoms with Gasteiger partial charge in [-0.1, -0.05) is 38.7 Å². The number of carbonyl (C=O) groups excluding carboxylic acids is 1. The Morgan fingerprint density at radius 1 is 1.31 bits per heavy atom. The van der Waals surface area contributed by atoms with Gasteiger partial charge in [0.05, 0.1) is 6.16 Å². The molecule has 1 N–H and O–H groups in total. The third-order valence-electron chi connectivity index (χ3n) is 2.08. The predicted octanol–water partition coefficient (Wildman–Crippen LogP) is 3.26. The average Bonchev–Trinajstić information content (AvgIpc) is 2.16. The normalized spacial score (nSPS) is 14.9. The predicted molar refractivity (Wildman–Crippen MR) is 64.4 cm³/mol. The SMILES string of the molecule is CC=CC(=O)OP(=O)(O)CCCCCCC. The van der Waals surface area contributed by atoms with Crippen LogP contribution >= 0.6 is 7.60 Å². The van der Waals surface area contributed by atoms with Crippen molar-refractivity contribution in [2.45, 2.75) is 46.0 Å². The van der Waals surface area contributed by atoms with Crippen molar-refractivity contribution in [1.29, 1.82) is 0 Å². The third-order valence-corrected chi connectivity index (χ3v) is 3.43. The van der Waals surface area contributed by atoms with Crippen LogP contribution in [0, 0.1) is 0 Å². The highest BCUT2D eigenvalue weighted by Gasteiger charge is 2.21. The Kier molecular flexibility index (Phi) is 8.22. The molecule has 0 heterocycles. The van der Waals surface area contributed by atoms with Gasteiger partial charge in [0.15, 0.2) is 0 Å². The quantitative estimate of drug-likeness (QED) is 0.407. The van der Waals surface area contributed by atoms with Crippen LogP contribution in [0.25, 0.3) is 0 Å². The molecule has 0 aliphatic rings. The molecular weight excluding hydrogens is 227 g/mol. The molecule has 0 fully saturated rings. The van der Waals surface area contributed by atoms with Crippen LogP contribution in [0.4, 0.5) is 0 Å². The molecule has 4 nitrogen and oxygen atoms in total. The van der Waals surface area contributed by atoms with Crippen LogP contribution in [0.1, 0.15) is 46.0 Å². The molecule has 0 aliphatic heterocycles. The van der Waals surface area contributed by atoms with Gasteiger partial charge in [0.2, 0.25) is 0 Å². The Morgan fingerprint density at radius 3 is 2.50 bits per heavy atom. The van der Waals surface area contributed by atoms with Crippen LogP contribution in [0.2, 0.25) is 0 Å². The van der Waals surface area contributed by atoms with Gasteiger partial charge in [-0.15, -0.1) is 0 Å². The van der Waals surface area contributed by atoms with Crippen molar-refractivity contribution >= 4 is 13.6 Å². The third kappa shape index (κ3) is 8.69. The summed E-state index contributed by atoms with van der Waals surface area (Å²) in [4.78, 5) is 20.3. The summed E-state index contributed by atoms with van der Waals surface area (Å²) in [6.07, 6.45) is 7.51. The topological polar surface area (TPSA) is 63.6 Å². The lowest BCUT2D eigenvalue weighted by Crippen LogP contribution is -2.01. The maximum Gasteiger partial charge on any atom is 0.378 e. The second kappa shape index (κ2) is 8.54. The maximum atomic E-state index is 11.4. The van der Waals surface area contributed by atoms with Gasteiger partial charge >= 0.3 is 13.6 Å². The van der Waals surface area contributed by atoms with Crippen molar-refractivity contribution in [3.8, 4) is 0 Å². The molecule has 0 rings (SSSR count). The Bertz CT molecular complexity index is 273. The highest BCUT2D eigenvalue weighted by Crippen LogP contribution is 2.43. The molecule has 0 amide bonds. The lowest BCUT2D eigenvalue weighted by Gasteiger charge is -2.10. The van der Waals surface area contributed by atoms with E-state index >= 15 is 0 Å². The van der Waals surface area contributed by atoms with Crippen LogP contribution in [-0.2, 0) is 13.9 Å². The molecule has 0 aromatic carbocycles. The van der Waals surface area contributed by atoms with Crippen molar-refractivity contribution < 1.29 is 18.8 Å². The molecule has 1 unspecified atom stereocenters. The van der Waals surface area contributed by atoms with Gasteiger partial charge in [0, 0.05) is 6.08 Å².